The number of H-pyrrole nitrogens is 1. The number of hydrogen-bond donors (Lipinski definition) is 1. The maximum atomic E-state index is 12.8. The minimum atomic E-state index is -0.499. The van der Waals surface area contributed by atoms with E-state index in [1.54, 1.807) is 11.2 Å². The molecule has 0 aromatic carbocycles. The number of amides is 3. The zero-order chi connectivity index (χ0) is 20.4. The lowest BCUT2D eigenvalue weighted by Crippen LogP contribution is -2.60. The molecule has 1 aromatic rings. The number of imidazole rings is 1. The van der Waals surface area contributed by atoms with Gasteiger partial charge in [0.15, 0.2) is 0 Å². The molecule has 1 aromatic heterocycles. The van der Waals surface area contributed by atoms with Crippen LogP contribution in [0, 0.1) is 0 Å². The number of methoxy groups -OCH3 is 1. The number of nitrogens with zero attached hydrogens (tertiary/aromatic N) is 4. The van der Waals surface area contributed by atoms with Crippen LogP contribution in [0.1, 0.15) is 43.5 Å². The number of carbonyl (C=O) groups excluding carboxylic acids is 3. The quantitative estimate of drug-likeness (QED) is 0.778. The van der Waals surface area contributed by atoms with E-state index in [9.17, 15) is 14.4 Å². The molecule has 0 atom stereocenters. The largest absolute Gasteiger partial charge is 0.375 e. The van der Waals surface area contributed by atoms with E-state index >= 15 is 0 Å². The fourth-order valence-electron chi connectivity index (χ4n) is 4.97. The minimum Gasteiger partial charge on any atom is -0.375 e. The van der Waals surface area contributed by atoms with Crippen LogP contribution < -0.4 is 0 Å². The lowest BCUT2D eigenvalue weighted by atomic mass is 9.78. The van der Waals surface area contributed by atoms with Gasteiger partial charge in [0.2, 0.25) is 17.7 Å². The first kappa shape index (κ1) is 19.9. The van der Waals surface area contributed by atoms with Crippen molar-refractivity contribution < 1.29 is 19.1 Å². The monoisotopic (exact) mass is 403 g/mol. The zero-order valence-electron chi connectivity index (χ0n) is 17.0. The standard InChI is InChI=1S/C20H29N5O4/c1-29-13-18(28)25-9-5-15-19(22-14-21-15)20(25)6-10-23(11-7-20)17(27)12-24-8-3-2-4-16(24)26/h14H,2-13H2,1H3,(H,21,22). The number of aromatic amines is 1. The van der Waals surface area contributed by atoms with Crippen molar-refractivity contribution in [1.29, 1.82) is 0 Å². The number of aromatic nitrogens is 2. The average Bonchev–Trinajstić information content (AvgIpc) is 3.21. The van der Waals surface area contributed by atoms with Crippen LogP contribution in [0.15, 0.2) is 6.33 Å². The maximum Gasteiger partial charge on any atom is 0.249 e. The molecule has 0 radical (unpaired) electrons. The number of fused-ring (bicyclic) bond motifs is 2. The van der Waals surface area contributed by atoms with Crippen LogP contribution in [0.4, 0.5) is 0 Å². The van der Waals surface area contributed by atoms with Crippen LogP contribution in [-0.4, -0.2) is 88.8 Å². The Morgan fingerprint density at radius 3 is 2.66 bits per heavy atom. The molecule has 0 unspecified atom stereocenters. The van der Waals surface area contributed by atoms with E-state index in [1.165, 1.54) is 7.11 Å². The van der Waals surface area contributed by atoms with Crippen molar-refractivity contribution in [3.05, 3.63) is 17.7 Å². The molecule has 0 saturated carbocycles. The number of piperidine rings is 2. The Hall–Kier alpha value is -2.42. The highest BCUT2D eigenvalue weighted by molar-refractivity contribution is 5.85. The smallest absolute Gasteiger partial charge is 0.249 e. The summed E-state index contributed by atoms with van der Waals surface area (Å²) in [6.07, 6.45) is 6.12. The third kappa shape index (κ3) is 3.63. The summed E-state index contributed by atoms with van der Waals surface area (Å²) in [4.78, 5) is 50.8. The van der Waals surface area contributed by atoms with E-state index in [0.29, 0.717) is 45.4 Å². The Bertz CT molecular complexity index is 784. The van der Waals surface area contributed by atoms with Gasteiger partial charge in [0.25, 0.3) is 0 Å². The maximum absolute atomic E-state index is 12.8. The number of nitrogens with one attached hydrogen (secondary N) is 1. The van der Waals surface area contributed by atoms with Gasteiger partial charge < -0.3 is 24.4 Å². The molecule has 9 heteroatoms. The van der Waals surface area contributed by atoms with E-state index < -0.39 is 5.54 Å². The molecule has 4 heterocycles. The number of rotatable bonds is 4. The van der Waals surface area contributed by atoms with Gasteiger partial charge in [-0.25, -0.2) is 4.98 Å². The Kier molecular flexibility index (Phi) is 5.58. The van der Waals surface area contributed by atoms with Gasteiger partial charge >= 0.3 is 0 Å². The Balaban J connectivity index is 1.47. The van der Waals surface area contributed by atoms with Gasteiger partial charge in [0.1, 0.15) is 6.61 Å². The number of carbonyl (C=O) groups is 3. The molecule has 4 rings (SSSR count). The molecular weight excluding hydrogens is 374 g/mol. The van der Waals surface area contributed by atoms with Crippen molar-refractivity contribution in [2.24, 2.45) is 0 Å². The summed E-state index contributed by atoms with van der Waals surface area (Å²) in [5, 5.41) is 0. The molecule has 3 amide bonds. The Morgan fingerprint density at radius 1 is 1.14 bits per heavy atom. The van der Waals surface area contributed by atoms with Gasteiger partial charge in [-0.15, -0.1) is 0 Å². The first-order valence-electron chi connectivity index (χ1n) is 10.4. The van der Waals surface area contributed by atoms with Gasteiger partial charge in [-0.2, -0.15) is 0 Å². The molecule has 0 aliphatic carbocycles. The van der Waals surface area contributed by atoms with Crippen molar-refractivity contribution in [3.63, 3.8) is 0 Å². The Labute approximate surface area is 170 Å². The molecule has 2 saturated heterocycles. The summed E-state index contributed by atoms with van der Waals surface area (Å²) < 4.78 is 5.09. The summed E-state index contributed by atoms with van der Waals surface area (Å²) in [6.45, 7) is 2.58. The highest BCUT2D eigenvalue weighted by atomic mass is 16.5. The Morgan fingerprint density at radius 2 is 1.93 bits per heavy atom. The van der Waals surface area contributed by atoms with Gasteiger partial charge in [0, 0.05) is 51.8 Å². The van der Waals surface area contributed by atoms with Crippen LogP contribution in [-0.2, 0) is 31.1 Å². The molecule has 1 spiro atoms. The lowest BCUT2D eigenvalue weighted by Gasteiger charge is -2.50. The predicted octanol–water partition coefficient (Wildman–Crippen LogP) is 0.271. The van der Waals surface area contributed by atoms with Gasteiger partial charge in [-0.3, -0.25) is 14.4 Å². The third-order valence-electron chi connectivity index (χ3n) is 6.52. The first-order chi connectivity index (χ1) is 14.0. The van der Waals surface area contributed by atoms with E-state index in [1.807, 2.05) is 9.80 Å². The van der Waals surface area contributed by atoms with Crippen LogP contribution in [0.5, 0.6) is 0 Å². The summed E-state index contributed by atoms with van der Waals surface area (Å²) in [7, 11) is 1.53. The first-order valence-corrected chi connectivity index (χ1v) is 10.4. The molecule has 158 valence electrons. The van der Waals surface area contributed by atoms with Crippen LogP contribution >= 0.6 is 0 Å². The van der Waals surface area contributed by atoms with Gasteiger partial charge in [0.05, 0.1) is 24.1 Å². The van der Waals surface area contributed by atoms with Crippen LogP contribution in [0.2, 0.25) is 0 Å². The molecule has 9 nitrogen and oxygen atoms in total. The molecular formula is C20H29N5O4. The van der Waals surface area contributed by atoms with E-state index in [-0.39, 0.29) is 30.9 Å². The summed E-state index contributed by atoms with van der Waals surface area (Å²) in [5.41, 5.74) is 1.50. The van der Waals surface area contributed by atoms with Crippen LogP contribution in [0.25, 0.3) is 0 Å². The number of hydrogen-bond acceptors (Lipinski definition) is 5. The highest BCUT2D eigenvalue weighted by Gasteiger charge is 2.49. The SMILES string of the molecule is COCC(=O)N1CCc2[nH]cnc2C12CCN(C(=O)CN1CCCCC1=O)CC2. The van der Waals surface area contributed by atoms with Crippen LogP contribution in [0.3, 0.4) is 0 Å². The normalized spacial score (nSPS) is 21.4. The van der Waals surface area contributed by atoms with Crippen molar-refractivity contribution in [2.75, 3.05) is 46.4 Å². The number of likely N-dealkylation sites (tertiary alicyclic amines) is 2. The van der Waals surface area contributed by atoms with E-state index in [2.05, 4.69) is 9.97 Å². The third-order valence-corrected chi connectivity index (χ3v) is 6.52. The second kappa shape index (κ2) is 8.14. The van der Waals surface area contributed by atoms with E-state index in [0.717, 1.165) is 30.7 Å². The second-order valence-electron chi connectivity index (χ2n) is 8.14. The predicted molar refractivity (Wildman–Crippen MR) is 104 cm³/mol. The van der Waals surface area contributed by atoms with Crippen molar-refractivity contribution >= 4 is 17.7 Å². The highest BCUT2D eigenvalue weighted by Crippen LogP contribution is 2.42. The molecule has 2 fully saturated rings. The molecule has 3 aliphatic heterocycles. The fraction of sp³-hybridized carbons (Fsp3) is 0.700. The lowest BCUT2D eigenvalue weighted by molar-refractivity contribution is -0.149. The molecule has 1 N–H and O–H groups in total. The molecule has 3 aliphatic rings. The van der Waals surface area contributed by atoms with Crippen molar-refractivity contribution in [2.45, 2.75) is 44.1 Å². The van der Waals surface area contributed by atoms with Gasteiger partial charge in [-0.05, 0) is 25.7 Å². The van der Waals surface area contributed by atoms with Crippen molar-refractivity contribution in [1.82, 2.24) is 24.7 Å². The molecule has 0 bridgehead atoms. The summed E-state index contributed by atoms with van der Waals surface area (Å²) in [6, 6.07) is 0. The number of ether oxygens (including phenoxy) is 1. The van der Waals surface area contributed by atoms with Crippen molar-refractivity contribution in [3.8, 4) is 0 Å². The fourth-order valence-corrected chi connectivity index (χ4v) is 4.97. The van der Waals surface area contributed by atoms with E-state index in [4.69, 9.17) is 4.74 Å². The second-order valence-corrected chi connectivity index (χ2v) is 8.14. The summed E-state index contributed by atoms with van der Waals surface area (Å²) in [5.74, 6) is 0.0191. The minimum absolute atomic E-state index is 0.0112. The zero-order valence-corrected chi connectivity index (χ0v) is 17.0. The average molecular weight is 403 g/mol. The van der Waals surface area contributed by atoms with Gasteiger partial charge in [-0.1, -0.05) is 0 Å². The molecule has 29 heavy (non-hydrogen) atoms. The summed E-state index contributed by atoms with van der Waals surface area (Å²) >= 11 is 0. The topological polar surface area (TPSA) is 98.8 Å².